The topological polar surface area (TPSA) is 66.4 Å². The summed E-state index contributed by atoms with van der Waals surface area (Å²) in [7, 11) is 0. The Morgan fingerprint density at radius 2 is 2.00 bits per heavy atom. The molecule has 0 saturated heterocycles. The second-order valence-electron chi connectivity index (χ2n) is 5.70. The summed E-state index contributed by atoms with van der Waals surface area (Å²) in [5.74, 6) is -0.850. The highest BCUT2D eigenvalue weighted by atomic mass is 32.2. The Morgan fingerprint density at radius 3 is 2.67 bits per heavy atom. The van der Waals surface area contributed by atoms with Crippen LogP contribution >= 0.6 is 11.8 Å². The number of rotatable bonds is 6. The third-order valence-corrected chi connectivity index (χ3v) is 5.16. The number of aryl methyl sites for hydroxylation is 2. The molecule has 1 aromatic carbocycles. The minimum Gasteiger partial charge on any atom is -0.480 e. The number of carbonyl (C=O) groups excluding carboxylic acids is 1. The number of amides is 1. The van der Waals surface area contributed by atoms with Crippen LogP contribution in [0.15, 0.2) is 18.2 Å². The van der Waals surface area contributed by atoms with Gasteiger partial charge in [-0.25, -0.2) is 0 Å². The van der Waals surface area contributed by atoms with E-state index in [-0.39, 0.29) is 17.6 Å². The summed E-state index contributed by atoms with van der Waals surface area (Å²) in [6.07, 6.45) is 3.37. The molecule has 114 valence electrons. The summed E-state index contributed by atoms with van der Waals surface area (Å²) >= 11 is 1.18. The fraction of sp³-hybridized carbons (Fsp3) is 0.500. The largest absolute Gasteiger partial charge is 0.480 e. The number of hydrogen-bond acceptors (Lipinski definition) is 3. The highest BCUT2D eigenvalue weighted by Crippen LogP contribution is 2.25. The van der Waals surface area contributed by atoms with Gasteiger partial charge < -0.3 is 10.4 Å². The number of nitrogens with one attached hydrogen (secondary N) is 1. The first-order valence-corrected chi connectivity index (χ1v) is 8.28. The Morgan fingerprint density at radius 1 is 1.29 bits per heavy atom. The maximum atomic E-state index is 11.9. The maximum absolute atomic E-state index is 11.9. The monoisotopic (exact) mass is 307 g/mol. The molecule has 1 atom stereocenters. The molecule has 0 bridgehead atoms. The first-order valence-electron chi connectivity index (χ1n) is 7.23. The average molecular weight is 307 g/mol. The summed E-state index contributed by atoms with van der Waals surface area (Å²) in [5.41, 5.74) is 3.48. The van der Waals surface area contributed by atoms with Crippen molar-refractivity contribution in [3.05, 3.63) is 29.3 Å². The van der Waals surface area contributed by atoms with Gasteiger partial charge in [-0.05, 0) is 48.4 Å². The normalized spacial score (nSPS) is 14.8. The quantitative estimate of drug-likeness (QED) is 0.848. The second kappa shape index (κ2) is 6.98. The van der Waals surface area contributed by atoms with Gasteiger partial charge in [0.25, 0.3) is 0 Å². The van der Waals surface area contributed by atoms with E-state index < -0.39 is 11.2 Å². The van der Waals surface area contributed by atoms with Gasteiger partial charge in [0.2, 0.25) is 5.91 Å². The van der Waals surface area contributed by atoms with Crippen molar-refractivity contribution in [3.8, 4) is 0 Å². The molecule has 0 radical (unpaired) electrons. The molecule has 0 aromatic heterocycles. The number of carboxylic acids is 1. The van der Waals surface area contributed by atoms with E-state index in [9.17, 15) is 9.59 Å². The molecule has 2 rings (SSSR count). The number of aliphatic carboxylic acids is 1. The van der Waals surface area contributed by atoms with Crippen molar-refractivity contribution in [2.45, 2.75) is 38.4 Å². The third kappa shape index (κ3) is 4.24. The Hall–Kier alpha value is -1.49. The van der Waals surface area contributed by atoms with E-state index in [2.05, 4.69) is 11.4 Å². The number of thioether (sulfide) groups is 1. The fourth-order valence-electron chi connectivity index (χ4n) is 2.56. The number of hydrogen-bond donors (Lipinski definition) is 2. The molecule has 5 heteroatoms. The number of carboxylic acid groups (broad SMARTS) is 1. The van der Waals surface area contributed by atoms with E-state index in [1.165, 1.54) is 29.3 Å². The minimum absolute atomic E-state index is 0.000273. The van der Waals surface area contributed by atoms with Crippen LogP contribution in [0.5, 0.6) is 0 Å². The molecule has 0 fully saturated rings. The lowest BCUT2D eigenvalue weighted by Gasteiger charge is -2.15. The summed E-state index contributed by atoms with van der Waals surface area (Å²) in [5, 5.41) is 11.4. The number of carbonyl (C=O) groups is 2. The van der Waals surface area contributed by atoms with Gasteiger partial charge in [-0.2, -0.15) is 0 Å². The van der Waals surface area contributed by atoms with E-state index in [0.29, 0.717) is 0 Å². The number of benzene rings is 1. The van der Waals surface area contributed by atoms with Gasteiger partial charge in [0.05, 0.1) is 5.75 Å². The molecule has 0 heterocycles. The SMILES string of the molecule is CC(C)C(SCC(=O)Nc1ccc2c(c1)CCC2)C(=O)O. The van der Waals surface area contributed by atoms with Crippen molar-refractivity contribution >= 4 is 29.3 Å². The van der Waals surface area contributed by atoms with E-state index in [4.69, 9.17) is 5.11 Å². The molecular weight excluding hydrogens is 286 g/mol. The molecule has 1 aliphatic carbocycles. The van der Waals surface area contributed by atoms with E-state index in [0.717, 1.165) is 18.5 Å². The smallest absolute Gasteiger partial charge is 0.316 e. The van der Waals surface area contributed by atoms with Gasteiger partial charge in [-0.3, -0.25) is 9.59 Å². The third-order valence-electron chi connectivity index (χ3n) is 3.63. The van der Waals surface area contributed by atoms with Crippen LogP contribution in [0, 0.1) is 5.92 Å². The standard InChI is InChI=1S/C16H21NO3S/c1-10(2)15(16(19)20)21-9-14(18)17-13-7-6-11-4-3-5-12(11)8-13/h6-8,10,15H,3-5,9H2,1-2H3,(H,17,18)(H,19,20). The predicted molar refractivity (Wildman–Crippen MR) is 85.8 cm³/mol. The summed E-state index contributed by atoms with van der Waals surface area (Å²) in [6, 6.07) is 6.02. The lowest BCUT2D eigenvalue weighted by molar-refractivity contribution is -0.137. The van der Waals surface area contributed by atoms with Crippen LogP contribution in [0.3, 0.4) is 0 Å². The van der Waals surface area contributed by atoms with Gasteiger partial charge >= 0.3 is 5.97 Å². The first-order chi connectivity index (χ1) is 9.97. The molecule has 0 spiro atoms. The molecular formula is C16H21NO3S. The van der Waals surface area contributed by atoms with Crippen molar-refractivity contribution in [1.29, 1.82) is 0 Å². The van der Waals surface area contributed by atoms with Crippen molar-refractivity contribution in [2.75, 3.05) is 11.1 Å². The van der Waals surface area contributed by atoms with Crippen molar-refractivity contribution in [3.63, 3.8) is 0 Å². The van der Waals surface area contributed by atoms with E-state index in [1.807, 2.05) is 26.0 Å². The fourth-order valence-corrected chi connectivity index (χ4v) is 3.49. The molecule has 1 amide bonds. The van der Waals surface area contributed by atoms with Crippen molar-refractivity contribution < 1.29 is 14.7 Å². The maximum Gasteiger partial charge on any atom is 0.316 e. The van der Waals surface area contributed by atoms with Crippen LogP contribution in [0.25, 0.3) is 0 Å². The highest BCUT2D eigenvalue weighted by Gasteiger charge is 2.23. The molecule has 1 unspecified atom stereocenters. The predicted octanol–water partition coefficient (Wildman–Crippen LogP) is 2.96. The lowest BCUT2D eigenvalue weighted by atomic mass is 10.1. The van der Waals surface area contributed by atoms with Crippen LogP contribution in [-0.2, 0) is 22.4 Å². The molecule has 1 aromatic rings. The highest BCUT2D eigenvalue weighted by molar-refractivity contribution is 8.01. The Kier molecular flexibility index (Phi) is 5.28. The van der Waals surface area contributed by atoms with Crippen LogP contribution < -0.4 is 5.32 Å². The molecule has 0 saturated carbocycles. The zero-order valence-corrected chi connectivity index (χ0v) is 13.2. The van der Waals surface area contributed by atoms with Crippen LogP contribution in [0.4, 0.5) is 5.69 Å². The van der Waals surface area contributed by atoms with Gasteiger partial charge in [0.1, 0.15) is 5.25 Å². The first kappa shape index (κ1) is 15.9. The van der Waals surface area contributed by atoms with Gasteiger partial charge in [0.15, 0.2) is 0 Å². The zero-order valence-electron chi connectivity index (χ0n) is 12.4. The van der Waals surface area contributed by atoms with Crippen LogP contribution in [0.2, 0.25) is 0 Å². The Bertz CT molecular complexity index is 542. The van der Waals surface area contributed by atoms with Gasteiger partial charge in [-0.1, -0.05) is 19.9 Å². The van der Waals surface area contributed by atoms with Gasteiger partial charge in [-0.15, -0.1) is 11.8 Å². The number of fused-ring (bicyclic) bond motifs is 1. The van der Waals surface area contributed by atoms with Crippen LogP contribution in [-0.4, -0.2) is 28.0 Å². The van der Waals surface area contributed by atoms with Crippen molar-refractivity contribution in [2.24, 2.45) is 5.92 Å². The Balaban J connectivity index is 1.88. The molecule has 1 aliphatic rings. The molecule has 4 nitrogen and oxygen atoms in total. The zero-order chi connectivity index (χ0) is 15.4. The van der Waals surface area contributed by atoms with Crippen LogP contribution in [0.1, 0.15) is 31.4 Å². The van der Waals surface area contributed by atoms with Gasteiger partial charge in [0, 0.05) is 5.69 Å². The summed E-state index contributed by atoms with van der Waals surface area (Å²) in [4.78, 5) is 23.0. The lowest BCUT2D eigenvalue weighted by Crippen LogP contribution is -2.25. The minimum atomic E-state index is -0.861. The van der Waals surface area contributed by atoms with Crippen molar-refractivity contribution in [1.82, 2.24) is 0 Å². The molecule has 2 N–H and O–H groups in total. The van der Waals surface area contributed by atoms with E-state index >= 15 is 0 Å². The second-order valence-corrected chi connectivity index (χ2v) is 6.83. The summed E-state index contributed by atoms with van der Waals surface area (Å²) in [6.45, 7) is 3.70. The van der Waals surface area contributed by atoms with E-state index in [1.54, 1.807) is 0 Å². The Labute approximate surface area is 129 Å². The molecule has 0 aliphatic heterocycles. The average Bonchev–Trinajstić information content (AvgIpc) is 2.85. The molecule has 21 heavy (non-hydrogen) atoms. The summed E-state index contributed by atoms with van der Waals surface area (Å²) < 4.78 is 0. The number of anilines is 1.